The lowest BCUT2D eigenvalue weighted by molar-refractivity contribution is 0.919. The van der Waals surface area contributed by atoms with Gasteiger partial charge in [-0.1, -0.05) is 63.0 Å². The van der Waals surface area contributed by atoms with E-state index in [-0.39, 0.29) is 0 Å². The van der Waals surface area contributed by atoms with Gasteiger partial charge in [0.1, 0.15) is 0 Å². The standard InChI is InChI=1S/C13H16.C2H6/c1-4-5-6-12(3)13-9-7-11(2)8-10-13;1-2/h4-7,9H,1,3,8,10H2,2H3;1-2H3/b6-5-;. The van der Waals surface area contributed by atoms with Crippen LogP contribution >= 0.6 is 0 Å². The van der Waals surface area contributed by atoms with Crippen LogP contribution in [0.3, 0.4) is 0 Å². The third kappa shape index (κ3) is 5.21. The zero-order valence-electron chi connectivity index (χ0n) is 10.2. The van der Waals surface area contributed by atoms with Crippen molar-refractivity contribution in [2.45, 2.75) is 33.6 Å². The Labute approximate surface area is 94.4 Å². The molecule has 0 nitrogen and oxygen atoms in total. The summed E-state index contributed by atoms with van der Waals surface area (Å²) >= 11 is 0. The molecule has 0 aromatic heterocycles. The van der Waals surface area contributed by atoms with Crippen LogP contribution < -0.4 is 0 Å². The van der Waals surface area contributed by atoms with Crippen molar-refractivity contribution in [1.29, 1.82) is 0 Å². The van der Waals surface area contributed by atoms with Crippen molar-refractivity contribution in [2.24, 2.45) is 0 Å². The first-order valence-electron chi connectivity index (χ1n) is 5.58. The van der Waals surface area contributed by atoms with E-state index < -0.39 is 0 Å². The van der Waals surface area contributed by atoms with Crippen molar-refractivity contribution in [3.05, 3.63) is 60.3 Å². The van der Waals surface area contributed by atoms with Gasteiger partial charge in [-0.05, 0) is 30.9 Å². The van der Waals surface area contributed by atoms with Crippen molar-refractivity contribution in [3.63, 3.8) is 0 Å². The molecule has 1 aliphatic rings. The first-order valence-corrected chi connectivity index (χ1v) is 5.58. The molecule has 82 valence electrons. The van der Waals surface area contributed by atoms with Gasteiger partial charge in [-0.2, -0.15) is 0 Å². The van der Waals surface area contributed by atoms with E-state index in [1.165, 1.54) is 11.1 Å². The summed E-state index contributed by atoms with van der Waals surface area (Å²) in [6.07, 6.45) is 12.3. The molecule has 0 N–H and O–H groups in total. The van der Waals surface area contributed by atoms with E-state index in [1.807, 2.05) is 26.0 Å². The minimum absolute atomic E-state index is 1.10. The molecule has 15 heavy (non-hydrogen) atoms. The lowest BCUT2D eigenvalue weighted by atomic mass is 9.94. The van der Waals surface area contributed by atoms with Crippen molar-refractivity contribution < 1.29 is 0 Å². The maximum absolute atomic E-state index is 4.01. The fourth-order valence-corrected chi connectivity index (χ4v) is 1.30. The van der Waals surface area contributed by atoms with Gasteiger partial charge in [-0.25, -0.2) is 0 Å². The van der Waals surface area contributed by atoms with Crippen LogP contribution in [0.1, 0.15) is 33.6 Å². The Bertz CT molecular complexity index is 298. The van der Waals surface area contributed by atoms with Crippen LogP contribution in [0.5, 0.6) is 0 Å². The van der Waals surface area contributed by atoms with Crippen LogP contribution in [0.25, 0.3) is 0 Å². The summed E-state index contributed by atoms with van der Waals surface area (Å²) in [6, 6.07) is 0. The molecule has 0 aromatic carbocycles. The molecule has 0 fully saturated rings. The Hall–Kier alpha value is -1.30. The summed E-state index contributed by atoms with van der Waals surface area (Å²) in [6.45, 7) is 13.8. The maximum Gasteiger partial charge on any atom is -0.0236 e. The molecule has 0 aliphatic heterocycles. The van der Waals surface area contributed by atoms with Crippen LogP contribution in [-0.4, -0.2) is 0 Å². The minimum atomic E-state index is 1.10. The van der Waals surface area contributed by atoms with Gasteiger partial charge in [0.25, 0.3) is 0 Å². The van der Waals surface area contributed by atoms with Crippen molar-refractivity contribution in [3.8, 4) is 0 Å². The molecular weight excluding hydrogens is 180 g/mol. The second-order valence-corrected chi connectivity index (χ2v) is 3.32. The van der Waals surface area contributed by atoms with Crippen LogP contribution in [-0.2, 0) is 0 Å². The number of allylic oxidation sites excluding steroid dienone is 8. The third-order valence-corrected chi connectivity index (χ3v) is 2.20. The van der Waals surface area contributed by atoms with Gasteiger partial charge in [0, 0.05) is 0 Å². The van der Waals surface area contributed by atoms with Crippen molar-refractivity contribution in [1.82, 2.24) is 0 Å². The summed E-state index contributed by atoms with van der Waals surface area (Å²) in [5.74, 6) is 0. The normalized spacial score (nSPS) is 14.9. The predicted molar refractivity (Wildman–Crippen MR) is 70.9 cm³/mol. The summed E-state index contributed by atoms with van der Waals surface area (Å²) in [4.78, 5) is 0. The smallest absolute Gasteiger partial charge is 0.0236 e. The Balaban J connectivity index is 0.000000921. The number of hydrogen-bond acceptors (Lipinski definition) is 0. The van der Waals surface area contributed by atoms with Gasteiger partial charge in [-0.15, -0.1) is 0 Å². The van der Waals surface area contributed by atoms with Crippen LogP contribution in [0.2, 0.25) is 0 Å². The van der Waals surface area contributed by atoms with E-state index in [9.17, 15) is 0 Å². The summed E-state index contributed by atoms with van der Waals surface area (Å²) in [7, 11) is 0. The highest BCUT2D eigenvalue weighted by atomic mass is 14.1. The lowest BCUT2D eigenvalue weighted by Gasteiger charge is -2.11. The van der Waals surface area contributed by atoms with E-state index >= 15 is 0 Å². The molecule has 1 aliphatic carbocycles. The van der Waals surface area contributed by atoms with Gasteiger partial charge in [0.15, 0.2) is 0 Å². The highest BCUT2D eigenvalue weighted by molar-refractivity contribution is 5.42. The summed E-state index contributed by atoms with van der Waals surface area (Å²) < 4.78 is 0. The molecule has 0 saturated carbocycles. The second kappa shape index (κ2) is 8.05. The highest BCUT2D eigenvalue weighted by Crippen LogP contribution is 2.23. The number of rotatable bonds is 3. The molecule has 1 rings (SSSR count). The SMILES string of the molecule is C=C/C=C\C(=C)C1=CC=C(C)CC1.CC. The molecule has 0 amide bonds. The Kier molecular flexibility index (Phi) is 7.35. The average molecular weight is 202 g/mol. The maximum atomic E-state index is 4.01. The van der Waals surface area contributed by atoms with Gasteiger partial charge in [-0.3, -0.25) is 0 Å². The van der Waals surface area contributed by atoms with Gasteiger partial charge in [0.05, 0.1) is 0 Å². The Morgan fingerprint density at radius 1 is 1.27 bits per heavy atom. The topological polar surface area (TPSA) is 0 Å². The van der Waals surface area contributed by atoms with Crippen molar-refractivity contribution >= 4 is 0 Å². The van der Waals surface area contributed by atoms with Gasteiger partial charge in [0.2, 0.25) is 0 Å². The zero-order chi connectivity index (χ0) is 11.7. The Morgan fingerprint density at radius 3 is 2.40 bits per heavy atom. The molecular formula is C15H22. The minimum Gasteiger partial charge on any atom is -0.0991 e. The first kappa shape index (κ1) is 13.7. The van der Waals surface area contributed by atoms with E-state index in [4.69, 9.17) is 0 Å². The monoisotopic (exact) mass is 202 g/mol. The molecule has 0 aromatic rings. The fraction of sp³-hybridized carbons (Fsp3) is 0.333. The largest absolute Gasteiger partial charge is 0.0991 e. The van der Waals surface area contributed by atoms with Gasteiger partial charge < -0.3 is 0 Å². The quantitative estimate of drug-likeness (QED) is 0.566. The van der Waals surface area contributed by atoms with E-state index in [0.29, 0.717) is 0 Å². The number of hydrogen-bond donors (Lipinski definition) is 0. The zero-order valence-corrected chi connectivity index (χ0v) is 10.2. The highest BCUT2D eigenvalue weighted by Gasteiger charge is 2.03. The molecule has 0 atom stereocenters. The van der Waals surface area contributed by atoms with E-state index in [2.05, 4.69) is 32.2 Å². The summed E-state index contributed by atoms with van der Waals surface area (Å²) in [5, 5.41) is 0. The molecule has 0 spiro atoms. The molecule has 0 radical (unpaired) electrons. The Morgan fingerprint density at radius 2 is 1.93 bits per heavy atom. The predicted octanol–water partition coefficient (Wildman–Crippen LogP) is 4.98. The fourth-order valence-electron chi connectivity index (χ4n) is 1.30. The van der Waals surface area contributed by atoms with Gasteiger partial charge >= 0.3 is 0 Å². The van der Waals surface area contributed by atoms with E-state index in [1.54, 1.807) is 6.08 Å². The average Bonchev–Trinajstić information content (AvgIpc) is 2.29. The van der Waals surface area contributed by atoms with Crippen LogP contribution in [0, 0.1) is 0 Å². The van der Waals surface area contributed by atoms with Crippen molar-refractivity contribution in [2.75, 3.05) is 0 Å². The van der Waals surface area contributed by atoms with Crippen LogP contribution in [0.4, 0.5) is 0 Å². The molecule has 0 unspecified atom stereocenters. The van der Waals surface area contributed by atoms with Crippen LogP contribution in [0.15, 0.2) is 60.3 Å². The first-order chi connectivity index (χ1) is 7.24. The molecule has 0 bridgehead atoms. The second-order valence-electron chi connectivity index (χ2n) is 3.32. The molecule has 0 heteroatoms. The molecule has 0 heterocycles. The van der Waals surface area contributed by atoms with E-state index in [0.717, 1.165) is 18.4 Å². The third-order valence-electron chi connectivity index (χ3n) is 2.20. The lowest BCUT2D eigenvalue weighted by Crippen LogP contribution is -1.92. The summed E-state index contributed by atoms with van der Waals surface area (Å²) in [5.41, 5.74) is 3.89. The molecule has 0 saturated heterocycles.